The first kappa shape index (κ1) is 5.75. The van der Waals surface area contributed by atoms with E-state index in [2.05, 4.69) is 23.1 Å². The van der Waals surface area contributed by atoms with Crippen LogP contribution in [0.1, 0.15) is 0 Å². The van der Waals surface area contributed by atoms with Gasteiger partial charge in [-0.2, -0.15) is 0 Å². The van der Waals surface area contributed by atoms with E-state index >= 15 is 0 Å². The molecule has 9 heavy (non-hydrogen) atoms. The van der Waals surface area contributed by atoms with E-state index in [0.29, 0.717) is 16.5 Å². The summed E-state index contributed by atoms with van der Waals surface area (Å²) in [5.74, 6) is 0.382. The molecule has 0 unspecified atom stereocenters. The summed E-state index contributed by atoms with van der Waals surface area (Å²) in [5, 5.41) is 1.11. The van der Waals surface area contributed by atoms with Gasteiger partial charge in [-0.25, -0.2) is 4.98 Å². The maximum absolute atomic E-state index is 5.29. The van der Waals surface area contributed by atoms with E-state index in [-0.39, 0.29) is 0 Å². The molecule has 0 atom stereocenters. The van der Waals surface area contributed by atoms with E-state index in [1.807, 2.05) is 0 Å². The summed E-state index contributed by atoms with van der Waals surface area (Å²) in [4.78, 5) is 7.63. The van der Waals surface area contributed by atoms with Gasteiger partial charge in [-0.05, 0) is 0 Å². The number of nitrogen functional groups attached to an aromatic ring is 1. The number of hydrogen-bond donors (Lipinski definition) is 1. The topological polar surface area (TPSA) is 51.8 Å². The summed E-state index contributed by atoms with van der Waals surface area (Å²) in [5.41, 5.74) is 5.29. The normalized spacial score (nSPS) is 9.33. The molecule has 0 aliphatic rings. The molecule has 0 fully saturated rings. The van der Waals surface area contributed by atoms with Gasteiger partial charge in [0.2, 0.25) is 0 Å². The third kappa shape index (κ3) is 1.05. The van der Waals surface area contributed by atoms with Gasteiger partial charge in [-0.15, -0.1) is 0 Å². The predicted octanol–water partition coefficient (Wildman–Crippen LogP) is -1.12. The average molecular weight is 121 g/mol. The van der Waals surface area contributed by atoms with Crippen molar-refractivity contribution < 1.29 is 0 Å². The van der Waals surface area contributed by atoms with E-state index in [1.54, 1.807) is 0 Å². The molecule has 0 saturated carbocycles. The average Bonchev–Trinajstić information content (AvgIpc) is 1.80. The Balaban J connectivity index is 3.53. The first-order chi connectivity index (χ1) is 4.20. The second kappa shape index (κ2) is 1.85. The molecular formula is C6H7N3. The minimum absolute atomic E-state index is 0.382. The van der Waals surface area contributed by atoms with Crippen LogP contribution in [0.5, 0.6) is 0 Å². The molecule has 3 heteroatoms. The quantitative estimate of drug-likeness (QED) is 0.473. The molecule has 0 radical (unpaired) electrons. The lowest BCUT2D eigenvalue weighted by Crippen LogP contribution is -2.28. The molecule has 0 aromatic carbocycles. The monoisotopic (exact) mass is 121 g/mol. The highest BCUT2D eigenvalue weighted by Crippen LogP contribution is 1.78. The Morgan fingerprint density at radius 1 is 1.33 bits per heavy atom. The lowest BCUT2D eigenvalue weighted by molar-refractivity contribution is 1.12. The Hall–Kier alpha value is -1.38. The molecule has 1 aromatic heterocycles. The van der Waals surface area contributed by atoms with Crippen LogP contribution in [0.25, 0.3) is 13.2 Å². The number of hydrogen-bond acceptors (Lipinski definition) is 3. The van der Waals surface area contributed by atoms with Crippen molar-refractivity contribution in [3.05, 3.63) is 16.9 Å². The van der Waals surface area contributed by atoms with Crippen molar-refractivity contribution in [3.8, 4) is 0 Å². The van der Waals surface area contributed by atoms with Gasteiger partial charge in [0.15, 0.2) is 0 Å². The maximum Gasteiger partial charge on any atom is 0.142 e. The van der Waals surface area contributed by atoms with Crippen LogP contribution in [0.15, 0.2) is 6.20 Å². The van der Waals surface area contributed by atoms with Crippen molar-refractivity contribution in [2.24, 2.45) is 0 Å². The summed E-state index contributed by atoms with van der Waals surface area (Å²) in [6.45, 7) is 7.13. The zero-order valence-corrected chi connectivity index (χ0v) is 4.96. The Kier molecular flexibility index (Phi) is 1.18. The lowest BCUT2D eigenvalue weighted by atomic mass is 10.5. The number of nitrogens with zero attached hydrogens (tertiary/aromatic N) is 2. The maximum atomic E-state index is 5.29. The van der Waals surface area contributed by atoms with Crippen LogP contribution < -0.4 is 16.4 Å². The zero-order chi connectivity index (χ0) is 6.85. The standard InChI is InChI=1S/C6H7N3/c1-4-5(2)9-6(7)3-8-4/h3H,1-2H2,(H2,7,9). The van der Waals surface area contributed by atoms with Gasteiger partial charge in [-0.1, -0.05) is 13.2 Å². The number of aromatic nitrogens is 2. The van der Waals surface area contributed by atoms with Crippen LogP contribution in [0.3, 0.4) is 0 Å². The second-order valence-corrected chi connectivity index (χ2v) is 1.69. The van der Waals surface area contributed by atoms with Gasteiger partial charge in [0.05, 0.1) is 16.9 Å². The Morgan fingerprint density at radius 3 is 2.44 bits per heavy atom. The lowest BCUT2D eigenvalue weighted by Gasteiger charge is -1.87. The molecule has 1 aromatic rings. The fourth-order valence-corrected chi connectivity index (χ4v) is 0.468. The Labute approximate surface area is 52.6 Å². The van der Waals surface area contributed by atoms with Gasteiger partial charge in [-0.3, -0.25) is 4.98 Å². The second-order valence-electron chi connectivity index (χ2n) is 1.69. The highest BCUT2D eigenvalue weighted by Gasteiger charge is 1.83. The van der Waals surface area contributed by atoms with Crippen LogP contribution in [0.4, 0.5) is 5.82 Å². The molecule has 3 nitrogen and oxygen atoms in total. The highest BCUT2D eigenvalue weighted by atomic mass is 14.9. The number of rotatable bonds is 0. The van der Waals surface area contributed by atoms with Crippen molar-refractivity contribution in [3.63, 3.8) is 0 Å². The summed E-state index contributed by atoms with van der Waals surface area (Å²) >= 11 is 0. The summed E-state index contributed by atoms with van der Waals surface area (Å²) in [6, 6.07) is 0. The van der Waals surface area contributed by atoms with Gasteiger partial charge in [0.25, 0.3) is 0 Å². The van der Waals surface area contributed by atoms with Crippen LogP contribution >= 0.6 is 0 Å². The number of anilines is 1. The molecule has 2 N–H and O–H groups in total. The molecule has 0 amide bonds. The molecule has 1 heterocycles. The largest absolute Gasteiger partial charge is 0.382 e. The van der Waals surface area contributed by atoms with Crippen LogP contribution in [0.2, 0.25) is 0 Å². The minimum atomic E-state index is 0.382. The molecule has 0 spiro atoms. The molecule has 1 rings (SSSR count). The fraction of sp³-hybridized carbons (Fsp3) is 0. The molecule has 0 bridgehead atoms. The van der Waals surface area contributed by atoms with Gasteiger partial charge in [0, 0.05) is 0 Å². The molecular weight excluding hydrogens is 114 g/mol. The van der Waals surface area contributed by atoms with E-state index in [0.717, 1.165) is 0 Å². The van der Waals surface area contributed by atoms with E-state index in [9.17, 15) is 0 Å². The fourth-order valence-electron chi connectivity index (χ4n) is 0.468. The molecule has 0 aliphatic heterocycles. The van der Waals surface area contributed by atoms with Crippen molar-refractivity contribution >= 4 is 19.0 Å². The van der Waals surface area contributed by atoms with Crippen molar-refractivity contribution in [1.82, 2.24) is 9.97 Å². The van der Waals surface area contributed by atoms with E-state index in [4.69, 9.17) is 5.73 Å². The van der Waals surface area contributed by atoms with E-state index in [1.165, 1.54) is 6.20 Å². The van der Waals surface area contributed by atoms with Crippen LogP contribution in [-0.2, 0) is 0 Å². The van der Waals surface area contributed by atoms with E-state index < -0.39 is 0 Å². The van der Waals surface area contributed by atoms with Crippen molar-refractivity contribution in [2.75, 3.05) is 5.73 Å². The van der Waals surface area contributed by atoms with Crippen LogP contribution in [-0.4, -0.2) is 9.97 Å². The summed E-state index contributed by atoms with van der Waals surface area (Å²) < 4.78 is 0. The Bertz CT molecular complexity index is 305. The zero-order valence-electron chi connectivity index (χ0n) is 4.96. The third-order valence-corrected chi connectivity index (χ3v) is 0.950. The van der Waals surface area contributed by atoms with Crippen LogP contribution in [0, 0.1) is 0 Å². The minimum Gasteiger partial charge on any atom is -0.382 e. The number of nitrogens with two attached hydrogens (primary N) is 1. The van der Waals surface area contributed by atoms with Crippen molar-refractivity contribution in [2.45, 2.75) is 0 Å². The first-order valence-electron chi connectivity index (χ1n) is 2.46. The van der Waals surface area contributed by atoms with Crippen molar-refractivity contribution in [1.29, 1.82) is 0 Å². The van der Waals surface area contributed by atoms with Gasteiger partial charge in [0.1, 0.15) is 5.82 Å². The van der Waals surface area contributed by atoms with Gasteiger partial charge < -0.3 is 5.73 Å². The first-order valence-corrected chi connectivity index (χ1v) is 2.46. The summed E-state index contributed by atoms with van der Waals surface area (Å²) in [6.07, 6.45) is 1.46. The molecule has 0 saturated heterocycles. The summed E-state index contributed by atoms with van der Waals surface area (Å²) in [7, 11) is 0. The molecule has 0 aliphatic carbocycles. The smallest absolute Gasteiger partial charge is 0.142 e. The highest BCUT2D eigenvalue weighted by molar-refractivity contribution is 5.23. The Morgan fingerprint density at radius 2 is 2.00 bits per heavy atom. The molecule has 46 valence electrons. The van der Waals surface area contributed by atoms with Gasteiger partial charge >= 0.3 is 0 Å². The third-order valence-electron chi connectivity index (χ3n) is 0.950. The predicted molar refractivity (Wildman–Crippen MR) is 36.7 cm³/mol. The SMILES string of the molecule is C=c1ncc(N)nc1=C.